The molecule has 1 N–H and O–H groups in total. The maximum atomic E-state index is 11.6. The van der Waals surface area contributed by atoms with E-state index < -0.39 is 6.10 Å². The van der Waals surface area contributed by atoms with Crippen molar-refractivity contribution in [2.45, 2.75) is 13.0 Å². The van der Waals surface area contributed by atoms with Gasteiger partial charge in [-0.15, -0.1) is 0 Å². The number of amides is 1. The number of aliphatic hydroxyl groups is 1. The molecule has 2 rings (SSSR count). The summed E-state index contributed by atoms with van der Waals surface area (Å²) in [6.45, 7) is 5.75. The average molecular weight is 308 g/mol. The highest BCUT2D eigenvalue weighted by molar-refractivity contribution is 5.67. The molecule has 6 nitrogen and oxygen atoms in total. The van der Waals surface area contributed by atoms with Gasteiger partial charge in [-0.1, -0.05) is 18.2 Å². The first kappa shape index (κ1) is 16.6. The summed E-state index contributed by atoms with van der Waals surface area (Å²) in [7, 11) is 0. The quantitative estimate of drug-likeness (QED) is 0.855. The zero-order chi connectivity index (χ0) is 15.8. The Balaban J connectivity index is 1.66. The summed E-state index contributed by atoms with van der Waals surface area (Å²) in [6, 6.07) is 9.45. The highest BCUT2D eigenvalue weighted by atomic mass is 16.6. The van der Waals surface area contributed by atoms with Crippen LogP contribution in [0.5, 0.6) is 5.75 Å². The van der Waals surface area contributed by atoms with E-state index in [0.29, 0.717) is 26.2 Å². The zero-order valence-corrected chi connectivity index (χ0v) is 13.0. The molecular weight excluding hydrogens is 284 g/mol. The first-order chi connectivity index (χ1) is 10.7. The zero-order valence-electron chi connectivity index (χ0n) is 13.0. The van der Waals surface area contributed by atoms with Crippen LogP contribution in [0.3, 0.4) is 0 Å². The number of carbonyl (C=O) groups excluding carboxylic acids is 1. The summed E-state index contributed by atoms with van der Waals surface area (Å²) in [4.78, 5) is 15.4. The van der Waals surface area contributed by atoms with Gasteiger partial charge in [-0.25, -0.2) is 4.79 Å². The summed E-state index contributed by atoms with van der Waals surface area (Å²) < 4.78 is 10.5. The molecule has 0 unspecified atom stereocenters. The number of aliphatic hydroxyl groups excluding tert-OH is 1. The number of rotatable bonds is 6. The Morgan fingerprint density at radius 3 is 2.55 bits per heavy atom. The van der Waals surface area contributed by atoms with E-state index in [4.69, 9.17) is 9.47 Å². The van der Waals surface area contributed by atoms with Crippen molar-refractivity contribution in [2.24, 2.45) is 0 Å². The molecule has 0 aliphatic carbocycles. The Kier molecular flexibility index (Phi) is 6.48. The highest BCUT2D eigenvalue weighted by Crippen LogP contribution is 2.09. The minimum absolute atomic E-state index is 0.255. The number of piperazine rings is 1. The Labute approximate surface area is 131 Å². The summed E-state index contributed by atoms with van der Waals surface area (Å²) in [5.41, 5.74) is 0. The molecule has 0 bridgehead atoms. The molecule has 1 heterocycles. The second-order valence-corrected chi connectivity index (χ2v) is 5.26. The SMILES string of the molecule is CCOC(=O)N1CCN(C[C@@H](O)COc2ccccc2)CC1. The standard InChI is InChI=1S/C16H24N2O4/c1-2-21-16(20)18-10-8-17(9-11-18)12-14(19)13-22-15-6-4-3-5-7-15/h3-7,14,19H,2,8-13H2,1H3/t14-/m1/s1. The number of hydrogen-bond acceptors (Lipinski definition) is 5. The number of ether oxygens (including phenoxy) is 2. The van der Waals surface area contributed by atoms with E-state index in [2.05, 4.69) is 4.90 Å². The molecule has 1 amide bonds. The number of carbonyl (C=O) groups is 1. The lowest BCUT2D eigenvalue weighted by molar-refractivity contribution is 0.0408. The van der Waals surface area contributed by atoms with Crippen LogP contribution in [0, 0.1) is 0 Å². The van der Waals surface area contributed by atoms with Crippen LogP contribution in [0.4, 0.5) is 4.79 Å². The predicted molar refractivity (Wildman–Crippen MR) is 83.0 cm³/mol. The second kappa shape index (κ2) is 8.60. The molecule has 1 saturated heterocycles. The molecule has 6 heteroatoms. The normalized spacial score (nSPS) is 17.1. The largest absolute Gasteiger partial charge is 0.491 e. The molecule has 0 radical (unpaired) electrons. The molecule has 22 heavy (non-hydrogen) atoms. The van der Waals surface area contributed by atoms with E-state index in [0.717, 1.165) is 18.8 Å². The van der Waals surface area contributed by atoms with Gasteiger partial charge in [-0.2, -0.15) is 0 Å². The first-order valence-corrected chi connectivity index (χ1v) is 7.69. The lowest BCUT2D eigenvalue weighted by Crippen LogP contribution is -2.51. The second-order valence-electron chi connectivity index (χ2n) is 5.26. The van der Waals surface area contributed by atoms with Crippen molar-refractivity contribution in [2.75, 3.05) is 45.9 Å². The van der Waals surface area contributed by atoms with Crippen LogP contribution >= 0.6 is 0 Å². The van der Waals surface area contributed by atoms with Gasteiger partial charge in [0.1, 0.15) is 18.5 Å². The van der Waals surface area contributed by atoms with Gasteiger partial charge in [0.25, 0.3) is 0 Å². The fourth-order valence-corrected chi connectivity index (χ4v) is 2.39. The summed E-state index contributed by atoms with van der Waals surface area (Å²) in [5.74, 6) is 0.758. The Morgan fingerprint density at radius 1 is 1.23 bits per heavy atom. The summed E-state index contributed by atoms with van der Waals surface area (Å²) in [6.07, 6.45) is -0.801. The molecule has 122 valence electrons. The van der Waals surface area contributed by atoms with Gasteiger partial charge in [-0.05, 0) is 19.1 Å². The van der Waals surface area contributed by atoms with Crippen LogP contribution in [0.15, 0.2) is 30.3 Å². The summed E-state index contributed by atoms with van der Waals surface area (Å²) >= 11 is 0. The van der Waals surface area contributed by atoms with Crippen molar-refractivity contribution in [1.29, 1.82) is 0 Å². The number of para-hydroxylation sites is 1. The van der Waals surface area contributed by atoms with E-state index in [1.54, 1.807) is 11.8 Å². The van der Waals surface area contributed by atoms with Crippen molar-refractivity contribution >= 4 is 6.09 Å². The number of hydrogen-bond donors (Lipinski definition) is 1. The van der Waals surface area contributed by atoms with Crippen LogP contribution in [0.2, 0.25) is 0 Å². The van der Waals surface area contributed by atoms with Gasteiger partial charge in [0.05, 0.1) is 6.61 Å². The fourth-order valence-electron chi connectivity index (χ4n) is 2.39. The van der Waals surface area contributed by atoms with Gasteiger partial charge >= 0.3 is 6.09 Å². The lowest BCUT2D eigenvalue weighted by atomic mass is 10.2. The first-order valence-electron chi connectivity index (χ1n) is 7.69. The van der Waals surface area contributed by atoms with E-state index in [1.165, 1.54) is 0 Å². The van der Waals surface area contributed by atoms with E-state index in [1.807, 2.05) is 30.3 Å². The maximum absolute atomic E-state index is 11.6. The smallest absolute Gasteiger partial charge is 0.409 e. The molecule has 0 saturated carbocycles. The Morgan fingerprint density at radius 2 is 1.91 bits per heavy atom. The Bertz CT molecular complexity index is 447. The average Bonchev–Trinajstić information content (AvgIpc) is 2.55. The van der Waals surface area contributed by atoms with Crippen molar-refractivity contribution in [3.05, 3.63) is 30.3 Å². The van der Waals surface area contributed by atoms with E-state index >= 15 is 0 Å². The van der Waals surface area contributed by atoms with Crippen LogP contribution in [-0.4, -0.2) is 73.0 Å². The minimum Gasteiger partial charge on any atom is -0.491 e. The lowest BCUT2D eigenvalue weighted by Gasteiger charge is -2.34. The molecule has 1 aliphatic heterocycles. The van der Waals surface area contributed by atoms with Gasteiger partial charge in [0, 0.05) is 32.7 Å². The van der Waals surface area contributed by atoms with Crippen molar-refractivity contribution < 1.29 is 19.4 Å². The summed E-state index contributed by atoms with van der Waals surface area (Å²) in [5, 5.41) is 10.1. The molecule has 1 aromatic rings. The fraction of sp³-hybridized carbons (Fsp3) is 0.562. The van der Waals surface area contributed by atoms with Gasteiger partial charge < -0.3 is 19.5 Å². The molecule has 1 aromatic carbocycles. The maximum Gasteiger partial charge on any atom is 0.409 e. The van der Waals surface area contributed by atoms with Crippen LogP contribution in [-0.2, 0) is 4.74 Å². The van der Waals surface area contributed by atoms with E-state index in [9.17, 15) is 9.90 Å². The molecule has 1 aliphatic rings. The van der Waals surface area contributed by atoms with Gasteiger partial charge in [0.2, 0.25) is 0 Å². The topological polar surface area (TPSA) is 62.2 Å². The van der Waals surface area contributed by atoms with Gasteiger partial charge in [0.15, 0.2) is 0 Å². The molecule has 0 aromatic heterocycles. The predicted octanol–water partition coefficient (Wildman–Crippen LogP) is 1.20. The monoisotopic (exact) mass is 308 g/mol. The third-order valence-electron chi connectivity index (χ3n) is 3.55. The van der Waals surface area contributed by atoms with Crippen LogP contribution < -0.4 is 4.74 Å². The van der Waals surface area contributed by atoms with Gasteiger partial charge in [-0.3, -0.25) is 4.90 Å². The molecule has 0 spiro atoms. The molecule has 1 atom stereocenters. The Hall–Kier alpha value is -1.79. The van der Waals surface area contributed by atoms with Crippen LogP contribution in [0.25, 0.3) is 0 Å². The minimum atomic E-state index is -0.547. The van der Waals surface area contributed by atoms with Crippen molar-refractivity contribution in [3.63, 3.8) is 0 Å². The van der Waals surface area contributed by atoms with Crippen LogP contribution in [0.1, 0.15) is 6.92 Å². The van der Waals surface area contributed by atoms with Crippen molar-refractivity contribution in [3.8, 4) is 5.75 Å². The van der Waals surface area contributed by atoms with Crippen molar-refractivity contribution in [1.82, 2.24) is 9.80 Å². The third-order valence-corrected chi connectivity index (χ3v) is 3.55. The number of benzene rings is 1. The van der Waals surface area contributed by atoms with E-state index in [-0.39, 0.29) is 12.7 Å². The molecular formula is C16H24N2O4. The highest BCUT2D eigenvalue weighted by Gasteiger charge is 2.23. The number of nitrogens with zero attached hydrogens (tertiary/aromatic N) is 2. The number of β-amino-alcohol motifs (C(OH)–C–C–N with tert-alkyl or cyclic N) is 1. The third kappa shape index (κ3) is 5.20. The molecule has 1 fully saturated rings.